The Labute approximate surface area is 176 Å². The summed E-state index contributed by atoms with van der Waals surface area (Å²) in [4.78, 5) is 24.7. The SMILES string of the molecule is Cc1ccc(C(=O)N[C@H](C)c2nnc(SCC(=O)NC3CCCCC3)n2C)cc1. The largest absolute Gasteiger partial charge is 0.353 e. The third-order valence-corrected chi connectivity index (χ3v) is 6.24. The summed E-state index contributed by atoms with van der Waals surface area (Å²) in [5.41, 5.74) is 1.72. The van der Waals surface area contributed by atoms with Gasteiger partial charge in [0.15, 0.2) is 11.0 Å². The van der Waals surface area contributed by atoms with Gasteiger partial charge in [0.2, 0.25) is 5.91 Å². The summed E-state index contributed by atoms with van der Waals surface area (Å²) < 4.78 is 1.83. The van der Waals surface area contributed by atoms with Gasteiger partial charge in [0, 0.05) is 18.7 Å². The second-order valence-electron chi connectivity index (χ2n) is 7.65. The summed E-state index contributed by atoms with van der Waals surface area (Å²) >= 11 is 1.36. The van der Waals surface area contributed by atoms with Crippen molar-refractivity contribution in [1.82, 2.24) is 25.4 Å². The van der Waals surface area contributed by atoms with E-state index in [0.29, 0.717) is 28.3 Å². The van der Waals surface area contributed by atoms with Crippen LogP contribution in [0.15, 0.2) is 29.4 Å². The number of hydrogen-bond acceptors (Lipinski definition) is 5. The lowest BCUT2D eigenvalue weighted by atomic mass is 9.95. The van der Waals surface area contributed by atoms with Gasteiger partial charge in [-0.3, -0.25) is 9.59 Å². The van der Waals surface area contributed by atoms with Gasteiger partial charge in [-0.25, -0.2) is 0 Å². The standard InChI is InChI=1S/C21H29N5O2S/c1-14-9-11-16(12-10-14)20(28)22-15(2)19-24-25-21(26(19)3)29-13-18(27)23-17-7-5-4-6-8-17/h9-12,15,17H,4-8,13H2,1-3H3,(H,22,28)(H,23,27)/t15-/m1/s1. The number of amides is 2. The molecule has 29 heavy (non-hydrogen) atoms. The van der Waals surface area contributed by atoms with E-state index in [9.17, 15) is 9.59 Å². The molecule has 7 nitrogen and oxygen atoms in total. The number of benzene rings is 1. The van der Waals surface area contributed by atoms with Crippen LogP contribution in [0, 0.1) is 6.92 Å². The maximum Gasteiger partial charge on any atom is 0.251 e. The lowest BCUT2D eigenvalue weighted by Crippen LogP contribution is -2.37. The zero-order valence-corrected chi connectivity index (χ0v) is 18.1. The Kier molecular flexibility index (Phi) is 7.30. The Morgan fingerprint density at radius 1 is 1.17 bits per heavy atom. The van der Waals surface area contributed by atoms with Crippen molar-refractivity contribution < 1.29 is 9.59 Å². The van der Waals surface area contributed by atoms with E-state index in [1.54, 1.807) is 12.1 Å². The molecule has 0 saturated heterocycles. The molecule has 156 valence electrons. The van der Waals surface area contributed by atoms with Crippen LogP contribution in [0.3, 0.4) is 0 Å². The fraction of sp³-hybridized carbons (Fsp3) is 0.524. The van der Waals surface area contributed by atoms with E-state index in [4.69, 9.17) is 0 Å². The molecule has 2 amide bonds. The minimum Gasteiger partial charge on any atom is -0.353 e. The summed E-state index contributed by atoms with van der Waals surface area (Å²) in [5.74, 6) is 0.849. The molecule has 1 aliphatic rings. The number of carbonyl (C=O) groups excluding carboxylic acids is 2. The molecule has 1 atom stereocenters. The molecule has 0 bridgehead atoms. The summed E-state index contributed by atoms with van der Waals surface area (Å²) in [7, 11) is 1.85. The topological polar surface area (TPSA) is 88.9 Å². The summed E-state index contributed by atoms with van der Waals surface area (Å²) in [6.45, 7) is 3.86. The monoisotopic (exact) mass is 415 g/mol. The van der Waals surface area contributed by atoms with Gasteiger partial charge >= 0.3 is 0 Å². The number of carbonyl (C=O) groups is 2. The van der Waals surface area contributed by atoms with Crippen LogP contribution in [0.1, 0.15) is 66.8 Å². The Morgan fingerprint density at radius 3 is 2.55 bits per heavy atom. The smallest absolute Gasteiger partial charge is 0.251 e. The minimum absolute atomic E-state index is 0.0344. The van der Waals surface area contributed by atoms with Crippen LogP contribution in [-0.2, 0) is 11.8 Å². The van der Waals surface area contributed by atoms with Crippen LogP contribution in [0.5, 0.6) is 0 Å². The molecule has 0 unspecified atom stereocenters. The average Bonchev–Trinajstić information content (AvgIpc) is 3.08. The summed E-state index contributed by atoms with van der Waals surface area (Å²) in [6.07, 6.45) is 5.79. The summed E-state index contributed by atoms with van der Waals surface area (Å²) in [6, 6.07) is 7.44. The molecular weight excluding hydrogens is 386 g/mol. The number of aryl methyl sites for hydroxylation is 1. The molecule has 8 heteroatoms. The zero-order valence-electron chi connectivity index (χ0n) is 17.3. The van der Waals surface area contributed by atoms with E-state index in [2.05, 4.69) is 20.8 Å². The second-order valence-corrected chi connectivity index (χ2v) is 8.59. The first kappa shape index (κ1) is 21.4. The van der Waals surface area contributed by atoms with E-state index >= 15 is 0 Å². The number of aromatic nitrogens is 3. The van der Waals surface area contributed by atoms with Crippen LogP contribution >= 0.6 is 11.8 Å². The fourth-order valence-electron chi connectivity index (χ4n) is 3.52. The molecule has 2 aromatic rings. The van der Waals surface area contributed by atoms with Gasteiger partial charge in [-0.2, -0.15) is 0 Å². The van der Waals surface area contributed by atoms with Crippen molar-refractivity contribution in [1.29, 1.82) is 0 Å². The van der Waals surface area contributed by atoms with Gasteiger partial charge in [0.25, 0.3) is 5.91 Å². The maximum absolute atomic E-state index is 12.4. The lowest BCUT2D eigenvalue weighted by Gasteiger charge is -2.22. The number of hydrogen-bond donors (Lipinski definition) is 2. The highest BCUT2D eigenvalue weighted by Gasteiger charge is 2.20. The molecule has 1 aromatic heterocycles. The number of nitrogens with zero attached hydrogens (tertiary/aromatic N) is 3. The first-order valence-electron chi connectivity index (χ1n) is 10.1. The van der Waals surface area contributed by atoms with Crippen molar-refractivity contribution in [3.8, 4) is 0 Å². The van der Waals surface area contributed by atoms with Crippen molar-refractivity contribution in [2.24, 2.45) is 7.05 Å². The highest BCUT2D eigenvalue weighted by molar-refractivity contribution is 7.99. The fourth-order valence-corrected chi connectivity index (χ4v) is 4.25. The number of nitrogens with one attached hydrogen (secondary N) is 2. The molecule has 3 rings (SSSR count). The highest BCUT2D eigenvalue weighted by atomic mass is 32.2. The Bertz CT molecular complexity index is 843. The third-order valence-electron chi connectivity index (χ3n) is 5.22. The van der Waals surface area contributed by atoms with E-state index in [1.807, 2.05) is 37.6 Å². The molecule has 1 heterocycles. The van der Waals surface area contributed by atoms with E-state index < -0.39 is 0 Å². The minimum atomic E-state index is -0.299. The van der Waals surface area contributed by atoms with Crippen molar-refractivity contribution in [2.45, 2.75) is 63.2 Å². The molecule has 1 fully saturated rings. The molecule has 0 spiro atoms. The van der Waals surface area contributed by atoms with Gasteiger partial charge in [-0.05, 0) is 38.8 Å². The van der Waals surface area contributed by atoms with Crippen LogP contribution in [-0.4, -0.2) is 38.4 Å². The molecule has 1 saturated carbocycles. The number of thioether (sulfide) groups is 1. The molecule has 1 aliphatic carbocycles. The Morgan fingerprint density at radius 2 is 1.86 bits per heavy atom. The van der Waals surface area contributed by atoms with Crippen molar-refractivity contribution in [2.75, 3.05) is 5.75 Å². The quantitative estimate of drug-likeness (QED) is 0.678. The second kappa shape index (κ2) is 9.91. The zero-order chi connectivity index (χ0) is 20.8. The molecular formula is C21H29N5O2S. The van der Waals surface area contributed by atoms with Crippen LogP contribution in [0.25, 0.3) is 0 Å². The van der Waals surface area contributed by atoms with Gasteiger partial charge in [0.05, 0.1) is 11.8 Å². The van der Waals surface area contributed by atoms with Crippen molar-refractivity contribution in [3.63, 3.8) is 0 Å². The molecule has 0 radical (unpaired) electrons. The van der Waals surface area contributed by atoms with Gasteiger partial charge < -0.3 is 15.2 Å². The first-order chi connectivity index (χ1) is 13.9. The van der Waals surface area contributed by atoms with Gasteiger partial charge in [-0.15, -0.1) is 10.2 Å². The van der Waals surface area contributed by atoms with Crippen LogP contribution in [0.2, 0.25) is 0 Å². The Hall–Kier alpha value is -2.35. The molecule has 1 aromatic carbocycles. The first-order valence-corrected chi connectivity index (χ1v) is 11.1. The highest BCUT2D eigenvalue weighted by Crippen LogP contribution is 2.21. The van der Waals surface area contributed by atoms with Crippen molar-refractivity contribution >= 4 is 23.6 Å². The predicted octanol–water partition coefficient (Wildman–Crippen LogP) is 3.16. The van der Waals surface area contributed by atoms with E-state index in [1.165, 1.54) is 31.0 Å². The number of rotatable bonds is 7. The van der Waals surface area contributed by atoms with Crippen LogP contribution < -0.4 is 10.6 Å². The normalized spacial score (nSPS) is 15.7. The average molecular weight is 416 g/mol. The maximum atomic E-state index is 12.4. The van der Waals surface area contributed by atoms with Gasteiger partial charge in [0.1, 0.15) is 0 Å². The van der Waals surface area contributed by atoms with Gasteiger partial charge in [-0.1, -0.05) is 48.7 Å². The van der Waals surface area contributed by atoms with E-state index in [-0.39, 0.29) is 17.9 Å². The molecule has 2 N–H and O–H groups in total. The lowest BCUT2D eigenvalue weighted by molar-refractivity contribution is -0.119. The van der Waals surface area contributed by atoms with E-state index in [0.717, 1.165) is 18.4 Å². The molecule has 0 aliphatic heterocycles. The third kappa shape index (κ3) is 5.82. The summed E-state index contributed by atoms with van der Waals surface area (Å²) in [5, 5.41) is 15.1. The predicted molar refractivity (Wildman–Crippen MR) is 114 cm³/mol. The Balaban J connectivity index is 1.53. The van der Waals surface area contributed by atoms with Crippen molar-refractivity contribution in [3.05, 3.63) is 41.2 Å². The van der Waals surface area contributed by atoms with Crippen LogP contribution in [0.4, 0.5) is 0 Å².